The molecule has 1 fully saturated rings. The number of hydrogen-bond donors (Lipinski definition) is 0. The molecule has 0 spiro atoms. The van der Waals surface area contributed by atoms with E-state index in [0.29, 0.717) is 6.04 Å². The summed E-state index contributed by atoms with van der Waals surface area (Å²) in [6.45, 7) is 5.39. The zero-order valence-corrected chi connectivity index (χ0v) is 12.9. The van der Waals surface area contributed by atoms with Crippen LogP contribution in [0, 0.1) is 0 Å². The summed E-state index contributed by atoms with van der Waals surface area (Å²) < 4.78 is 2.05. The predicted octanol–water partition coefficient (Wildman–Crippen LogP) is 2.96. The van der Waals surface area contributed by atoms with Crippen LogP contribution in [0.15, 0.2) is 23.8 Å². The van der Waals surface area contributed by atoms with E-state index in [1.807, 2.05) is 28.3 Å². The number of thiazole rings is 1. The molecule has 2 aromatic rings. The van der Waals surface area contributed by atoms with Gasteiger partial charge in [0.2, 0.25) is 0 Å². The summed E-state index contributed by atoms with van der Waals surface area (Å²) in [7, 11) is 0. The van der Waals surface area contributed by atoms with Crippen molar-refractivity contribution in [2.75, 3.05) is 6.54 Å². The molecule has 4 nitrogen and oxygen atoms in total. The van der Waals surface area contributed by atoms with E-state index < -0.39 is 0 Å². The van der Waals surface area contributed by atoms with E-state index in [2.05, 4.69) is 28.5 Å². The molecule has 20 heavy (non-hydrogen) atoms. The Balaban J connectivity index is 1.60. The van der Waals surface area contributed by atoms with E-state index in [-0.39, 0.29) is 0 Å². The third-order valence-corrected chi connectivity index (χ3v) is 4.84. The fourth-order valence-corrected chi connectivity index (χ4v) is 3.78. The molecule has 0 unspecified atom stereocenters. The molecule has 1 atom stereocenters. The summed E-state index contributed by atoms with van der Waals surface area (Å²) in [5.74, 6) is 0. The lowest BCUT2D eigenvalue weighted by Gasteiger charge is -2.23. The van der Waals surface area contributed by atoms with Crippen LogP contribution in [-0.4, -0.2) is 32.3 Å². The smallest absolute Gasteiger partial charge is 0.0928 e. The number of rotatable bonds is 6. The van der Waals surface area contributed by atoms with Gasteiger partial charge in [0, 0.05) is 30.4 Å². The molecule has 0 radical (unpaired) electrons. The molecule has 0 aliphatic carbocycles. The van der Waals surface area contributed by atoms with Gasteiger partial charge in [0.1, 0.15) is 0 Å². The van der Waals surface area contributed by atoms with E-state index in [1.165, 1.54) is 36.5 Å². The van der Waals surface area contributed by atoms with Gasteiger partial charge in [-0.2, -0.15) is 5.10 Å². The first-order valence-corrected chi connectivity index (χ1v) is 8.38. The van der Waals surface area contributed by atoms with Crippen molar-refractivity contribution in [2.24, 2.45) is 0 Å². The second-order valence-corrected chi connectivity index (χ2v) is 6.42. The van der Waals surface area contributed by atoms with E-state index in [1.54, 1.807) is 0 Å². The molecular weight excluding hydrogens is 268 g/mol. The zero-order valence-electron chi connectivity index (χ0n) is 12.0. The molecule has 1 aliphatic rings. The summed E-state index contributed by atoms with van der Waals surface area (Å²) in [6.07, 6.45) is 8.76. The lowest BCUT2D eigenvalue weighted by atomic mass is 10.2. The van der Waals surface area contributed by atoms with Crippen LogP contribution in [0.25, 0.3) is 0 Å². The van der Waals surface area contributed by atoms with Crippen LogP contribution in [0.3, 0.4) is 0 Å². The summed E-state index contributed by atoms with van der Waals surface area (Å²) in [5, 5.41) is 7.84. The van der Waals surface area contributed by atoms with Crippen LogP contribution >= 0.6 is 11.3 Å². The lowest BCUT2D eigenvalue weighted by Crippen LogP contribution is -2.32. The number of likely N-dealkylation sites (tertiary alicyclic amines) is 1. The topological polar surface area (TPSA) is 34.0 Å². The second-order valence-electron chi connectivity index (χ2n) is 5.48. The van der Waals surface area contributed by atoms with E-state index in [4.69, 9.17) is 4.98 Å². The van der Waals surface area contributed by atoms with Gasteiger partial charge < -0.3 is 0 Å². The fourth-order valence-electron chi connectivity index (χ4n) is 2.89. The van der Waals surface area contributed by atoms with Gasteiger partial charge in [-0.15, -0.1) is 11.3 Å². The Morgan fingerprint density at radius 3 is 3.20 bits per heavy atom. The Kier molecular flexibility index (Phi) is 4.47. The van der Waals surface area contributed by atoms with Gasteiger partial charge in [-0.3, -0.25) is 9.58 Å². The fraction of sp³-hybridized carbons (Fsp3) is 0.600. The van der Waals surface area contributed by atoms with Gasteiger partial charge >= 0.3 is 0 Å². The SMILES string of the molecule is CCCc1nc(CN2CCC[C@@H]2Cn2cccn2)cs1. The maximum atomic E-state index is 4.75. The highest BCUT2D eigenvalue weighted by molar-refractivity contribution is 7.09. The van der Waals surface area contributed by atoms with Gasteiger partial charge in [-0.25, -0.2) is 4.98 Å². The molecule has 5 heteroatoms. The number of aryl methyl sites for hydroxylation is 1. The molecule has 0 saturated carbocycles. The van der Waals surface area contributed by atoms with Crippen molar-refractivity contribution in [1.82, 2.24) is 19.7 Å². The molecule has 3 rings (SSSR count). The Hall–Kier alpha value is -1.20. The van der Waals surface area contributed by atoms with Crippen molar-refractivity contribution in [1.29, 1.82) is 0 Å². The molecule has 0 amide bonds. The zero-order chi connectivity index (χ0) is 13.8. The van der Waals surface area contributed by atoms with Crippen LogP contribution < -0.4 is 0 Å². The molecule has 1 saturated heterocycles. The Bertz CT molecular complexity index is 520. The van der Waals surface area contributed by atoms with Crippen molar-refractivity contribution in [3.05, 3.63) is 34.5 Å². The highest BCUT2D eigenvalue weighted by Crippen LogP contribution is 2.22. The second kappa shape index (κ2) is 6.50. The first-order valence-electron chi connectivity index (χ1n) is 7.50. The minimum Gasteiger partial charge on any atom is -0.293 e. The minimum absolute atomic E-state index is 0.603. The predicted molar refractivity (Wildman–Crippen MR) is 81.8 cm³/mol. The standard InChI is InChI=1S/C15H22N4S/c1-2-5-15-17-13(12-20-15)10-18-8-3-6-14(18)11-19-9-4-7-16-19/h4,7,9,12,14H,2-3,5-6,8,10-11H2,1H3/t14-/m1/s1. The average Bonchev–Trinajstić information content (AvgIpc) is 3.15. The Morgan fingerprint density at radius 1 is 1.45 bits per heavy atom. The highest BCUT2D eigenvalue weighted by atomic mass is 32.1. The maximum absolute atomic E-state index is 4.75. The monoisotopic (exact) mass is 290 g/mol. The van der Waals surface area contributed by atoms with Gasteiger partial charge in [0.25, 0.3) is 0 Å². The number of aromatic nitrogens is 3. The van der Waals surface area contributed by atoms with Crippen LogP contribution in [0.5, 0.6) is 0 Å². The largest absolute Gasteiger partial charge is 0.293 e. The van der Waals surface area contributed by atoms with Crippen LogP contribution in [0.1, 0.15) is 36.9 Å². The van der Waals surface area contributed by atoms with Crippen molar-refractivity contribution in [2.45, 2.75) is 51.7 Å². The van der Waals surface area contributed by atoms with Gasteiger partial charge in [-0.1, -0.05) is 6.92 Å². The first-order chi connectivity index (χ1) is 9.85. The average molecular weight is 290 g/mol. The maximum Gasteiger partial charge on any atom is 0.0928 e. The molecular formula is C15H22N4S. The van der Waals surface area contributed by atoms with Crippen molar-refractivity contribution >= 4 is 11.3 Å². The van der Waals surface area contributed by atoms with Gasteiger partial charge in [0.15, 0.2) is 0 Å². The lowest BCUT2D eigenvalue weighted by molar-refractivity contribution is 0.217. The Morgan fingerprint density at radius 2 is 2.40 bits per heavy atom. The molecule has 108 valence electrons. The molecule has 0 bridgehead atoms. The van der Waals surface area contributed by atoms with Crippen LogP contribution in [0.4, 0.5) is 0 Å². The van der Waals surface area contributed by atoms with Crippen LogP contribution in [-0.2, 0) is 19.5 Å². The van der Waals surface area contributed by atoms with Crippen molar-refractivity contribution < 1.29 is 0 Å². The van der Waals surface area contributed by atoms with E-state index >= 15 is 0 Å². The summed E-state index contributed by atoms with van der Waals surface area (Å²) in [5.41, 5.74) is 1.24. The van der Waals surface area contributed by atoms with Gasteiger partial charge in [0.05, 0.1) is 17.2 Å². The molecule has 3 heterocycles. The van der Waals surface area contributed by atoms with Crippen LogP contribution in [0.2, 0.25) is 0 Å². The normalized spacial score (nSPS) is 19.8. The van der Waals surface area contributed by atoms with Crippen molar-refractivity contribution in [3.8, 4) is 0 Å². The number of hydrogen-bond acceptors (Lipinski definition) is 4. The van der Waals surface area contributed by atoms with Crippen molar-refractivity contribution in [3.63, 3.8) is 0 Å². The third kappa shape index (κ3) is 3.27. The molecule has 0 aromatic carbocycles. The molecule has 2 aromatic heterocycles. The highest BCUT2D eigenvalue weighted by Gasteiger charge is 2.25. The molecule has 0 N–H and O–H groups in total. The van der Waals surface area contributed by atoms with Gasteiger partial charge in [-0.05, 0) is 38.3 Å². The van der Waals surface area contributed by atoms with E-state index in [0.717, 1.165) is 19.5 Å². The minimum atomic E-state index is 0.603. The quantitative estimate of drug-likeness (QED) is 0.820. The Labute approximate surface area is 124 Å². The van der Waals surface area contributed by atoms with E-state index in [9.17, 15) is 0 Å². The summed E-state index contributed by atoms with van der Waals surface area (Å²) in [6, 6.07) is 2.60. The first kappa shape index (κ1) is 13.8. The summed E-state index contributed by atoms with van der Waals surface area (Å²) >= 11 is 1.81. The third-order valence-electron chi connectivity index (χ3n) is 3.88. The summed E-state index contributed by atoms with van der Waals surface area (Å²) in [4.78, 5) is 7.31. The molecule has 1 aliphatic heterocycles. The number of nitrogens with zero attached hydrogens (tertiary/aromatic N) is 4.